The minimum Gasteiger partial charge on any atom is -0.493 e. The number of thioether (sulfide) groups is 1. The predicted octanol–water partition coefficient (Wildman–Crippen LogP) is 3.58. The monoisotopic (exact) mass is 214 g/mol. The number of ether oxygens (including phenoxy) is 1. The van der Waals surface area contributed by atoms with E-state index in [4.69, 9.17) is 4.74 Å². The molecule has 0 bridgehead atoms. The largest absolute Gasteiger partial charge is 0.493 e. The van der Waals surface area contributed by atoms with Gasteiger partial charge in [0.2, 0.25) is 0 Å². The third kappa shape index (κ3) is 3.22. The number of hydrogen-bond donors (Lipinski definition) is 0. The molecule has 0 aliphatic heterocycles. The Morgan fingerprint density at radius 3 is 2.71 bits per heavy atom. The molecule has 0 amide bonds. The lowest BCUT2D eigenvalue weighted by Gasteiger charge is -2.09. The zero-order valence-electron chi connectivity index (χ0n) is 8.71. The Kier molecular flexibility index (Phi) is 4.26. The van der Waals surface area contributed by atoms with Crippen molar-refractivity contribution in [3.8, 4) is 5.75 Å². The molecule has 0 heterocycles. The van der Waals surface area contributed by atoms with Crippen LogP contribution in [0.1, 0.15) is 13.8 Å². The lowest BCUT2D eigenvalue weighted by atomic mass is 10.2. The third-order valence-corrected chi connectivity index (χ3v) is 2.46. The zero-order chi connectivity index (χ0) is 10.6. The second-order valence-corrected chi connectivity index (χ2v) is 4.35. The fourth-order valence-electron chi connectivity index (χ4n) is 0.993. The Morgan fingerprint density at radius 1 is 1.43 bits per heavy atom. The minimum absolute atomic E-state index is 0.186. The number of hydrogen-bond acceptors (Lipinski definition) is 2. The fraction of sp³-hybridized carbons (Fsp3) is 0.455. The second kappa shape index (κ2) is 5.25. The summed E-state index contributed by atoms with van der Waals surface area (Å²) in [6.45, 7) is 4.83. The Hall–Kier alpha value is -0.700. The van der Waals surface area contributed by atoms with Gasteiger partial charge in [-0.2, -0.15) is 0 Å². The van der Waals surface area contributed by atoms with Crippen molar-refractivity contribution in [2.24, 2.45) is 5.92 Å². The van der Waals surface area contributed by atoms with E-state index in [1.807, 2.05) is 6.26 Å². The van der Waals surface area contributed by atoms with Crippen LogP contribution in [0.15, 0.2) is 23.1 Å². The summed E-state index contributed by atoms with van der Waals surface area (Å²) in [7, 11) is 0. The normalized spacial score (nSPS) is 10.6. The van der Waals surface area contributed by atoms with Crippen molar-refractivity contribution in [1.82, 2.24) is 0 Å². The molecule has 0 unspecified atom stereocenters. The van der Waals surface area contributed by atoms with Crippen LogP contribution in [0.4, 0.5) is 4.39 Å². The van der Waals surface area contributed by atoms with Gasteiger partial charge in [-0.3, -0.25) is 0 Å². The molecule has 0 aliphatic carbocycles. The van der Waals surface area contributed by atoms with Gasteiger partial charge in [-0.15, -0.1) is 11.8 Å². The average molecular weight is 214 g/mol. The van der Waals surface area contributed by atoms with Crippen LogP contribution < -0.4 is 4.74 Å². The summed E-state index contributed by atoms with van der Waals surface area (Å²) in [5, 5.41) is 0. The summed E-state index contributed by atoms with van der Waals surface area (Å²) in [6.07, 6.45) is 1.85. The summed E-state index contributed by atoms with van der Waals surface area (Å²) in [4.78, 5) is 0.631. The molecule has 1 aromatic rings. The summed E-state index contributed by atoms with van der Waals surface area (Å²) >= 11 is 1.39. The molecule has 3 heteroatoms. The van der Waals surface area contributed by atoms with Gasteiger partial charge in [0.05, 0.1) is 6.61 Å². The highest BCUT2D eigenvalue weighted by Gasteiger charge is 2.03. The molecule has 0 radical (unpaired) electrons. The maximum Gasteiger partial charge on any atom is 0.137 e. The molecule has 1 nitrogen and oxygen atoms in total. The number of benzene rings is 1. The van der Waals surface area contributed by atoms with Crippen LogP contribution in [0.5, 0.6) is 5.75 Å². The van der Waals surface area contributed by atoms with E-state index in [1.54, 1.807) is 12.1 Å². The topological polar surface area (TPSA) is 9.23 Å². The lowest BCUT2D eigenvalue weighted by molar-refractivity contribution is 0.270. The smallest absolute Gasteiger partial charge is 0.137 e. The van der Waals surface area contributed by atoms with Crippen LogP contribution >= 0.6 is 11.8 Å². The summed E-state index contributed by atoms with van der Waals surface area (Å²) < 4.78 is 18.6. The molecule has 0 atom stereocenters. The number of rotatable bonds is 4. The Bertz CT molecular complexity index is 299. The molecule has 1 aromatic carbocycles. The maximum absolute atomic E-state index is 13.1. The molecule has 1 rings (SSSR count). The van der Waals surface area contributed by atoms with E-state index in [2.05, 4.69) is 13.8 Å². The Balaban J connectivity index is 2.69. The molecule has 0 aromatic heterocycles. The zero-order valence-corrected chi connectivity index (χ0v) is 9.53. The van der Waals surface area contributed by atoms with Crippen molar-refractivity contribution in [3.05, 3.63) is 24.0 Å². The minimum atomic E-state index is -0.186. The van der Waals surface area contributed by atoms with E-state index < -0.39 is 0 Å². The number of halogens is 1. The highest BCUT2D eigenvalue weighted by molar-refractivity contribution is 7.98. The molecule has 0 saturated carbocycles. The van der Waals surface area contributed by atoms with Crippen molar-refractivity contribution in [2.75, 3.05) is 12.9 Å². The average Bonchev–Trinajstić information content (AvgIpc) is 2.16. The van der Waals surface area contributed by atoms with E-state index in [9.17, 15) is 4.39 Å². The SMILES string of the molecule is CSc1cc(OCC(C)C)ccc1F. The van der Waals surface area contributed by atoms with Crippen molar-refractivity contribution in [3.63, 3.8) is 0 Å². The van der Waals surface area contributed by atoms with Crippen LogP contribution in [-0.4, -0.2) is 12.9 Å². The van der Waals surface area contributed by atoms with Crippen molar-refractivity contribution in [1.29, 1.82) is 0 Å². The van der Waals surface area contributed by atoms with E-state index in [-0.39, 0.29) is 5.82 Å². The highest BCUT2D eigenvalue weighted by atomic mass is 32.2. The molecule has 78 valence electrons. The van der Waals surface area contributed by atoms with Crippen LogP contribution in [0.3, 0.4) is 0 Å². The van der Waals surface area contributed by atoms with Gasteiger partial charge in [-0.1, -0.05) is 13.8 Å². The van der Waals surface area contributed by atoms with Gasteiger partial charge in [0.25, 0.3) is 0 Å². The summed E-state index contributed by atoms with van der Waals surface area (Å²) in [5.41, 5.74) is 0. The van der Waals surface area contributed by atoms with Gasteiger partial charge in [0.15, 0.2) is 0 Å². The molecule has 14 heavy (non-hydrogen) atoms. The van der Waals surface area contributed by atoms with Gasteiger partial charge in [0.1, 0.15) is 11.6 Å². The van der Waals surface area contributed by atoms with Crippen LogP contribution in [0.2, 0.25) is 0 Å². The van der Waals surface area contributed by atoms with Gasteiger partial charge in [-0.05, 0) is 30.4 Å². The quantitative estimate of drug-likeness (QED) is 0.708. The summed E-state index contributed by atoms with van der Waals surface area (Å²) in [5.74, 6) is 1.04. The van der Waals surface area contributed by atoms with E-state index in [1.165, 1.54) is 17.8 Å². The van der Waals surface area contributed by atoms with Crippen molar-refractivity contribution < 1.29 is 9.13 Å². The fourth-order valence-corrected chi connectivity index (χ4v) is 1.49. The van der Waals surface area contributed by atoms with Crippen LogP contribution in [0, 0.1) is 11.7 Å². The highest BCUT2D eigenvalue weighted by Crippen LogP contribution is 2.24. The van der Waals surface area contributed by atoms with E-state index in [0.717, 1.165) is 5.75 Å². The first kappa shape index (κ1) is 11.4. The van der Waals surface area contributed by atoms with E-state index in [0.29, 0.717) is 17.4 Å². The Morgan fingerprint density at radius 2 is 2.14 bits per heavy atom. The first-order chi connectivity index (χ1) is 6.63. The molecule has 0 spiro atoms. The molecule has 0 aliphatic rings. The molecule has 0 saturated heterocycles. The van der Waals surface area contributed by atoms with Crippen LogP contribution in [0.25, 0.3) is 0 Å². The summed E-state index contributed by atoms with van der Waals surface area (Å²) in [6, 6.07) is 4.85. The molecule has 0 N–H and O–H groups in total. The first-order valence-corrected chi connectivity index (χ1v) is 5.82. The second-order valence-electron chi connectivity index (χ2n) is 3.50. The molecular weight excluding hydrogens is 199 g/mol. The van der Waals surface area contributed by atoms with Crippen molar-refractivity contribution in [2.45, 2.75) is 18.7 Å². The maximum atomic E-state index is 13.1. The van der Waals surface area contributed by atoms with Gasteiger partial charge < -0.3 is 4.74 Å². The Labute approximate surface area is 88.7 Å². The predicted molar refractivity (Wildman–Crippen MR) is 58.5 cm³/mol. The van der Waals surface area contributed by atoms with E-state index >= 15 is 0 Å². The van der Waals surface area contributed by atoms with Gasteiger partial charge in [0, 0.05) is 4.90 Å². The lowest BCUT2D eigenvalue weighted by Crippen LogP contribution is -2.04. The first-order valence-electron chi connectivity index (χ1n) is 4.60. The standard InChI is InChI=1S/C11H15FOS/c1-8(2)7-13-9-4-5-10(12)11(6-9)14-3/h4-6,8H,7H2,1-3H3. The van der Waals surface area contributed by atoms with Crippen LogP contribution in [-0.2, 0) is 0 Å². The van der Waals surface area contributed by atoms with Crippen molar-refractivity contribution >= 4 is 11.8 Å². The molecular formula is C11H15FOS. The van der Waals surface area contributed by atoms with Gasteiger partial charge >= 0.3 is 0 Å². The molecule has 0 fully saturated rings. The third-order valence-electron chi connectivity index (χ3n) is 1.71. The van der Waals surface area contributed by atoms with Gasteiger partial charge in [-0.25, -0.2) is 4.39 Å².